The number of nitrogens with one attached hydrogen (secondary N) is 1. The van der Waals surface area contributed by atoms with Crippen LogP contribution in [0.4, 0.5) is 5.69 Å². The fourth-order valence-corrected chi connectivity index (χ4v) is 4.87. The molecule has 3 aromatic rings. The predicted octanol–water partition coefficient (Wildman–Crippen LogP) is 5.66. The van der Waals surface area contributed by atoms with Crippen LogP contribution in [0.2, 0.25) is 5.02 Å². The Bertz CT molecular complexity index is 1200. The largest absolute Gasteiger partial charge is 0.506 e. The number of hydrogen-bond donors (Lipinski definition) is 4. The van der Waals surface area contributed by atoms with Crippen molar-refractivity contribution in [3.05, 3.63) is 52.7 Å². The number of aliphatic hydroxyl groups is 1. The minimum atomic E-state index is -0.320. The molecule has 1 aliphatic rings. The summed E-state index contributed by atoms with van der Waals surface area (Å²) in [5.41, 5.74) is 10.3. The van der Waals surface area contributed by atoms with E-state index in [1.807, 2.05) is 32.0 Å². The number of nitrogens with zero attached hydrogens (tertiary/aromatic N) is 1. The maximum absolute atomic E-state index is 13.2. The summed E-state index contributed by atoms with van der Waals surface area (Å²) in [5.74, 6) is 0.195. The number of phenols is 1. The molecule has 0 amide bonds. The molecule has 2 aromatic carbocycles. The van der Waals surface area contributed by atoms with Crippen molar-refractivity contribution >= 4 is 34.0 Å². The number of carbonyl (C=O) groups excluding carboxylic acids is 1. The monoisotopic (exact) mass is 481 g/mol. The molecular weight excluding hydrogens is 450 g/mol. The van der Waals surface area contributed by atoms with Gasteiger partial charge in [0, 0.05) is 35.7 Å². The molecule has 7 heteroatoms. The van der Waals surface area contributed by atoms with Crippen LogP contribution in [0.3, 0.4) is 0 Å². The lowest BCUT2D eigenvalue weighted by Crippen LogP contribution is -2.33. The Hall–Kier alpha value is -2.67. The number of ketones is 1. The zero-order chi connectivity index (χ0) is 24.4. The van der Waals surface area contributed by atoms with Crippen molar-refractivity contribution in [2.75, 3.05) is 5.32 Å². The number of aliphatic hydroxyl groups excluding tert-OH is 1. The first-order valence-electron chi connectivity index (χ1n) is 11.9. The average Bonchev–Trinajstić information content (AvgIpc) is 2.81. The molecule has 0 aliphatic heterocycles. The summed E-state index contributed by atoms with van der Waals surface area (Å²) >= 11 is 6.21. The van der Waals surface area contributed by atoms with Crippen molar-refractivity contribution in [1.82, 2.24) is 4.98 Å². The first kappa shape index (κ1) is 24.5. The normalized spacial score (nSPS) is 18.4. The van der Waals surface area contributed by atoms with E-state index in [2.05, 4.69) is 10.3 Å². The fourth-order valence-electron chi connectivity index (χ4n) is 4.63. The molecule has 0 spiro atoms. The van der Waals surface area contributed by atoms with Gasteiger partial charge in [-0.05, 0) is 67.0 Å². The summed E-state index contributed by atoms with van der Waals surface area (Å²) in [6, 6.07) is 9.72. The molecule has 5 N–H and O–H groups in total. The van der Waals surface area contributed by atoms with Gasteiger partial charge >= 0.3 is 0 Å². The Kier molecular flexibility index (Phi) is 7.41. The second-order valence-corrected chi connectivity index (χ2v) is 10.1. The molecule has 0 atom stereocenters. The lowest BCUT2D eigenvalue weighted by Gasteiger charge is -2.29. The first-order valence-corrected chi connectivity index (χ1v) is 12.2. The molecule has 1 heterocycles. The summed E-state index contributed by atoms with van der Waals surface area (Å²) in [6.07, 6.45) is 5.95. The Balaban J connectivity index is 1.83. The highest BCUT2D eigenvalue weighted by Gasteiger charge is 2.23. The second kappa shape index (κ2) is 10.3. The Morgan fingerprint density at radius 1 is 1.18 bits per heavy atom. The summed E-state index contributed by atoms with van der Waals surface area (Å²) in [4.78, 5) is 17.7. The molecule has 1 aliphatic carbocycles. The van der Waals surface area contributed by atoms with Crippen LogP contribution in [0, 0.1) is 5.92 Å². The average molecular weight is 482 g/mol. The maximum Gasteiger partial charge on any atom is 0.166 e. The van der Waals surface area contributed by atoms with Crippen LogP contribution in [0.5, 0.6) is 5.75 Å². The van der Waals surface area contributed by atoms with Gasteiger partial charge < -0.3 is 21.3 Å². The van der Waals surface area contributed by atoms with Gasteiger partial charge in [0.1, 0.15) is 5.75 Å². The van der Waals surface area contributed by atoms with E-state index in [9.17, 15) is 15.0 Å². The minimum absolute atomic E-state index is 0.0695. The van der Waals surface area contributed by atoms with Gasteiger partial charge in [-0.2, -0.15) is 0 Å². The summed E-state index contributed by atoms with van der Waals surface area (Å²) < 4.78 is 0. The van der Waals surface area contributed by atoms with Crippen LogP contribution in [0.25, 0.3) is 22.0 Å². The lowest BCUT2D eigenvalue weighted by molar-refractivity contribution is 0.0968. The molecule has 180 valence electrons. The van der Waals surface area contributed by atoms with E-state index < -0.39 is 0 Å². The number of benzene rings is 2. The summed E-state index contributed by atoms with van der Waals surface area (Å²) in [7, 11) is 0. The molecule has 1 aromatic heterocycles. The smallest absolute Gasteiger partial charge is 0.166 e. The van der Waals surface area contributed by atoms with Crippen LogP contribution in [0.15, 0.2) is 36.5 Å². The molecule has 4 rings (SSSR count). The lowest BCUT2D eigenvalue weighted by atomic mass is 9.90. The van der Waals surface area contributed by atoms with E-state index in [-0.39, 0.29) is 41.2 Å². The molecule has 34 heavy (non-hydrogen) atoms. The van der Waals surface area contributed by atoms with Crippen molar-refractivity contribution in [2.45, 2.75) is 64.6 Å². The summed E-state index contributed by atoms with van der Waals surface area (Å²) in [6.45, 7) is 3.75. The molecule has 0 saturated heterocycles. The van der Waals surface area contributed by atoms with E-state index in [0.717, 1.165) is 53.4 Å². The van der Waals surface area contributed by atoms with Crippen LogP contribution < -0.4 is 11.1 Å². The summed E-state index contributed by atoms with van der Waals surface area (Å²) in [5, 5.41) is 24.4. The molecule has 0 radical (unpaired) electrons. The highest BCUT2D eigenvalue weighted by molar-refractivity contribution is 6.32. The maximum atomic E-state index is 13.2. The number of pyridine rings is 1. The third-order valence-electron chi connectivity index (χ3n) is 6.53. The van der Waals surface area contributed by atoms with Gasteiger partial charge in [0.15, 0.2) is 5.78 Å². The number of nitrogens with two attached hydrogens (primary N) is 1. The zero-order valence-electron chi connectivity index (χ0n) is 19.6. The fraction of sp³-hybridized carbons (Fsp3) is 0.407. The predicted molar refractivity (Wildman–Crippen MR) is 137 cm³/mol. The number of carbonyl (C=O) groups is 1. The van der Waals surface area contributed by atoms with E-state index in [1.54, 1.807) is 18.3 Å². The Morgan fingerprint density at radius 3 is 2.59 bits per heavy atom. The third kappa shape index (κ3) is 5.19. The number of rotatable bonds is 7. The van der Waals surface area contributed by atoms with Gasteiger partial charge in [-0.25, -0.2) is 0 Å². The number of hydrogen-bond acceptors (Lipinski definition) is 6. The van der Waals surface area contributed by atoms with E-state index in [4.69, 9.17) is 17.3 Å². The van der Waals surface area contributed by atoms with Crippen molar-refractivity contribution in [1.29, 1.82) is 0 Å². The van der Waals surface area contributed by atoms with Gasteiger partial charge in [0.25, 0.3) is 0 Å². The van der Waals surface area contributed by atoms with E-state index in [0.29, 0.717) is 17.5 Å². The molecule has 1 saturated carbocycles. The Labute approximate surface area is 205 Å². The molecule has 6 nitrogen and oxygen atoms in total. The van der Waals surface area contributed by atoms with Gasteiger partial charge in [-0.15, -0.1) is 0 Å². The standard InChI is InChI=1S/C27H32ClN3O3/c1-15(2)9-25(33)22-13-30-24-8-3-16(17-10-18(14-32)27(34)23(28)12-17)11-21(24)26(22)31-20-6-4-19(29)5-7-20/h3,8,10-13,15,19-20,32,34H,4-7,9,14,29H2,1-2H3,(H,30,31). The number of fused-ring (bicyclic) bond motifs is 1. The topological polar surface area (TPSA) is 108 Å². The molecule has 0 bridgehead atoms. The number of halogens is 1. The van der Waals surface area contributed by atoms with Gasteiger partial charge in [-0.1, -0.05) is 31.5 Å². The Morgan fingerprint density at radius 2 is 1.91 bits per heavy atom. The third-order valence-corrected chi connectivity index (χ3v) is 6.82. The number of aromatic nitrogens is 1. The SMILES string of the molecule is CC(C)CC(=O)c1cnc2ccc(-c3cc(Cl)c(O)c(CO)c3)cc2c1NC1CCC(N)CC1. The van der Waals surface area contributed by atoms with Crippen molar-refractivity contribution in [3.8, 4) is 16.9 Å². The van der Waals surface area contributed by atoms with Gasteiger partial charge in [0.2, 0.25) is 0 Å². The van der Waals surface area contributed by atoms with Crippen molar-refractivity contribution in [3.63, 3.8) is 0 Å². The van der Waals surface area contributed by atoms with E-state index >= 15 is 0 Å². The van der Waals surface area contributed by atoms with Gasteiger partial charge in [0.05, 0.1) is 28.4 Å². The minimum Gasteiger partial charge on any atom is -0.506 e. The van der Waals surface area contributed by atoms with Crippen LogP contribution in [-0.4, -0.2) is 33.1 Å². The molecule has 1 fully saturated rings. The highest BCUT2D eigenvalue weighted by atomic mass is 35.5. The number of anilines is 1. The van der Waals surface area contributed by atoms with Crippen LogP contribution >= 0.6 is 11.6 Å². The van der Waals surface area contributed by atoms with Crippen molar-refractivity contribution in [2.24, 2.45) is 11.7 Å². The quantitative estimate of drug-likeness (QED) is 0.324. The second-order valence-electron chi connectivity index (χ2n) is 9.68. The highest BCUT2D eigenvalue weighted by Crippen LogP contribution is 2.37. The van der Waals surface area contributed by atoms with Crippen molar-refractivity contribution < 1.29 is 15.0 Å². The van der Waals surface area contributed by atoms with Crippen LogP contribution in [-0.2, 0) is 6.61 Å². The van der Waals surface area contributed by atoms with E-state index in [1.165, 1.54) is 0 Å². The number of Topliss-reactive ketones (excluding diaryl/α,β-unsaturated/α-hetero) is 1. The molecule has 0 unspecified atom stereocenters. The first-order chi connectivity index (χ1) is 16.3. The van der Waals surface area contributed by atoms with Crippen LogP contribution in [0.1, 0.15) is 61.9 Å². The zero-order valence-corrected chi connectivity index (χ0v) is 20.4. The van der Waals surface area contributed by atoms with Gasteiger partial charge in [-0.3, -0.25) is 9.78 Å². The number of aromatic hydroxyl groups is 1. The molecular formula is C27H32ClN3O3.